The third-order valence-corrected chi connectivity index (χ3v) is 3.69. The molecule has 2 N–H and O–H groups in total. The van der Waals surface area contributed by atoms with Crippen molar-refractivity contribution in [2.24, 2.45) is 5.92 Å². The Bertz CT molecular complexity index is 327. The first-order valence-electron chi connectivity index (χ1n) is 5.64. The van der Waals surface area contributed by atoms with Crippen LogP contribution in [0.2, 0.25) is 0 Å². The summed E-state index contributed by atoms with van der Waals surface area (Å²) < 4.78 is 1.18. The van der Waals surface area contributed by atoms with Gasteiger partial charge in [0.1, 0.15) is 0 Å². The van der Waals surface area contributed by atoms with Crippen molar-refractivity contribution in [3.63, 3.8) is 0 Å². The fraction of sp³-hybridized carbons (Fsp3) is 0.727. The molecule has 0 aromatic carbocycles. The van der Waals surface area contributed by atoms with Crippen molar-refractivity contribution in [3.05, 3.63) is 15.9 Å². The average molecular weight is 272 g/mol. The van der Waals surface area contributed by atoms with E-state index in [4.69, 9.17) is 0 Å². The summed E-state index contributed by atoms with van der Waals surface area (Å²) in [6.45, 7) is 5.56. The lowest BCUT2D eigenvalue weighted by Crippen LogP contribution is -2.13. The van der Waals surface area contributed by atoms with E-state index in [0.717, 1.165) is 18.7 Å². The zero-order chi connectivity index (χ0) is 10.8. The predicted molar refractivity (Wildman–Crippen MR) is 64.8 cm³/mol. The molecule has 2 rings (SSSR count). The van der Waals surface area contributed by atoms with Crippen LogP contribution >= 0.6 is 15.9 Å². The second-order valence-corrected chi connectivity index (χ2v) is 5.44. The maximum atomic E-state index is 4.42. The molecule has 1 aromatic heterocycles. The minimum atomic E-state index is 0.441. The number of aromatic nitrogens is 2. The molecule has 1 saturated heterocycles. The largest absolute Gasteiger partial charge is 0.309 e. The van der Waals surface area contributed by atoms with Gasteiger partial charge in [-0.1, -0.05) is 13.8 Å². The molecule has 4 heteroatoms. The van der Waals surface area contributed by atoms with Crippen molar-refractivity contribution in [1.82, 2.24) is 15.5 Å². The van der Waals surface area contributed by atoms with Crippen LogP contribution < -0.4 is 5.32 Å². The number of nitrogens with one attached hydrogen (secondary N) is 2. The second kappa shape index (κ2) is 4.66. The Labute approximate surface area is 99.2 Å². The normalized spacial score (nSPS) is 21.5. The first-order valence-corrected chi connectivity index (χ1v) is 6.43. The van der Waals surface area contributed by atoms with Gasteiger partial charge in [-0.25, -0.2) is 0 Å². The molecule has 1 atom stereocenters. The van der Waals surface area contributed by atoms with E-state index in [1.165, 1.54) is 23.0 Å². The van der Waals surface area contributed by atoms with Gasteiger partial charge in [0.05, 0.1) is 16.2 Å². The van der Waals surface area contributed by atoms with Gasteiger partial charge in [-0.2, -0.15) is 5.10 Å². The molecule has 1 unspecified atom stereocenters. The second-order valence-electron chi connectivity index (χ2n) is 4.65. The first-order chi connectivity index (χ1) is 7.18. The van der Waals surface area contributed by atoms with Crippen LogP contribution in [0.3, 0.4) is 0 Å². The molecule has 1 aliphatic rings. The van der Waals surface area contributed by atoms with Gasteiger partial charge in [0.2, 0.25) is 0 Å². The maximum absolute atomic E-state index is 4.42. The van der Waals surface area contributed by atoms with E-state index in [2.05, 4.69) is 45.3 Å². The monoisotopic (exact) mass is 271 g/mol. The molecular formula is C11H18BrN3. The highest BCUT2D eigenvalue weighted by Gasteiger charge is 2.23. The van der Waals surface area contributed by atoms with Crippen molar-refractivity contribution >= 4 is 15.9 Å². The molecule has 0 bridgehead atoms. The van der Waals surface area contributed by atoms with Crippen LogP contribution in [0, 0.1) is 5.92 Å². The van der Waals surface area contributed by atoms with Gasteiger partial charge in [0.25, 0.3) is 0 Å². The third-order valence-electron chi connectivity index (χ3n) is 2.80. The topological polar surface area (TPSA) is 40.7 Å². The molecule has 1 aliphatic heterocycles. The van der Waals surface area contributed by atoms with E-state index >= 15 is 0 Å². The predicted octanol–water partition coefficient (Wildman–Crippen LogP) is 2.80. The molecule has 0 radical (unpaired) electrons. The fourth-order valence-corrected chi connectivity index (χ4v) is 2.69. The van der Waals surface area contributed by atoms with Crippen molar-refractivity contribution < 1.29 is 0 Å². The Kier molecular flexibility index (Phi) is 3.46. The van der Waals surface area contributed by atoms with Gasteiger partial charge in [0.15, 0.2) is 0 Å². The lowest BCUT2D eigenvalue weighted by molar-refractivity contribution is 0.622. The molecule has 0 aliphatic carbocycles. The van der Waals surface area contributed by atoms with Gasteiger partial charge in [0, 0.05) is 5.69 Å². The zero-order valence-corrected chi connectivity index (χ0v) is 10.9. The SMILES string of the molecule is CC(C)Cc1[nH]nc(C2CCCN2)c1Br. The van der Waals surface area contributed by atoms with Crippen LogP contribution in [0.5, 0.6) is 0 Å². The standard InChI is InChI=1S/C11H18BrN3/c1-7(2)6-9-10(12)11(15-14-9)8-4-3-5-13-8/h7-8,13H,3-6H2,1-2H3,(H,14,15). The molecule has 0 spiro atoms. The molecule has 0 amide bonds. The number of hydrogen-bond donors (Lipinski definition) is 2. The summed E-state index contributed by atoms with van der Waals surface area (Å²) in [5.41, 5.74) is 2.39. The van der Waals surface area contributed by atoms with Crippen LogP contribution in [-0.2, 0) is 6.42 Å². The molecule has 1 fully saturated rings. The Hall–Kier alpha value is -0.350. The quantitative estimate of drug-likeness (QED) is 0.888. The van der Waals surface area contributed by atoms with Gasteiger partial charge in [-0.15, -0.1) is 0 Å². The Morgan fingerprint density at radius 2 is 2.33 bits per heavy atom. The van der Waals surface area contributed by atoms with Crippen LogP contribution in [0.1, 0.15) is 44.1 Å². The zero-order valence-electron chi connectivity index (χ0n) is 9.31. The summed E-state index contributed by atoms with van der Waals surface area (Å²) in [4.78, 5) is 0. The summed E-state index contributed by atoms with van der Waals surface area (Å²) in [5, 5.41) is 11.0. The number of hydrogen-bond acceptors (Lipinski definition) is 2. The number of rotatable bonds is 3. The molecule has 3 nitrogen and oxygen atoms in total. The minimum Gasteiger partial charge on any atom is -0.309 e. The van der Waals surface area contributed by atoms with Crippen LogP contribution in [0.4, 0.5) is 0 Å². The molecule has 2 heterocycles. The van der Waals surface area contributed by atoms with Crippen molar-refractivity contribution in [2.45, 2.75) is 39.2 Å². The first kappa shape index (κ1) is 11.1. The summed E-state index contributed by atoms with van der Waals surface area (Å²) in [7, 11) is 0. The molecule has 15 heavy (non-hydrogen) atoms. The van der Waals surface area contributed by atoms with E-state index < -0.39 is 0 Å². The summed E-state index contributed by atoms with van der Waals surface area (Å²) >= 11 is 3.66. The van der Waals surface area contributed by atoms with Crippen LogP contribution in [-0.4, -0.2) is 16.7 Å². The number of nitrogens with zero attached hydrogens (tertiary/aromatic N) is 1. The molecule has 84 valence electrons. The smallest absolute Gasteiger partial charge is 0.0936 e. The van der Waals surface area contributed by atoms with Crippen LogP contribution in [0.25, 0.3) is 0 Å². The van der Waals surface area contributed by atoms with E-state index in [1.807, 2.05) is 0 Å². The minimum absolute atomic E-state index is 0.441. The van der Waals surface area contributed by atoms with Crippen molar-refractivity contribution in [1.29, 1.82) is 0 Å². The fourth-order valence-electron chi connectivity index (χ4n) is 2.07. The summed E-state index contributed by atoms with van der Waals surface area (Å²) in [6.07, 6.45) is 3.51. The highest BCUT2D eigenvalue weighted by Crippen LogP contribution is 2.30. The molecular weight excluding hydrogens is 254 g/mol. The van der Waals surface area contributed by atoms with Gasteiger partial charge in [-0.05, 0) is 47.7 Å². The molecule has 1 aromatic rings. The summed E-state index contributed by atoms with van der Waals surface area (Å²) in [6, 6.07) is 0.441. The lowest BCUT2D eigenvalue weighted by atomic mass is 10.1. The van der Waals surface area contributed by atoms with Gasteiger partial charge >= 0.3 is 0 Å². The van der Waals surface area contributed by atoms with E-state index in [0.29, 0.717) is 12.0 Å². The van der Waals surface area contributed by atoms with Crippen LogP contribution in [0.15, 0.2) is 4.47 Å². The highest BCUT2D eigenvalue weighted by molar-refractivity contribution is 9.10. The van der Waals surface area contributed by atoms with E-state index in [-0.39, 0.29) is 0 Å². The number of halogens is 1. The maximum Gasteiger partial charge on any atom is 0.0936 e. The molecule has 0 saturated carbocycles. The Morgan fingerprint density at radius 3 is 2.93 bits per heavy atom. The van der Waals surface area contributed by atoms with Crippen molar-refractivity contribution in [2.75, 3.05) is 6.54 Å². The highest BCUT2D eigenvalue weighted by atomic mass is 79.9. The summed E-state index contributed by atoms with van der Waals surface area (Å²) in [5.74, 6) is 0.658. The Balaban J connectivity index is 2.15. The average Bonchev–Trinajstić information content (AvgIpc) is 2.76. The Morgan fingerprint density at radius 1 is 1.53 bits per heavy atom. The van der Waals surface area contributed by atoms with E-state index in [1.54, 1.807) is 0 Å². The number of aromatic amines is 1. The van der Waals surface area contributed by atoms with Gasteiger partial charge < -0.3 is 5.32 Å². The third kappa shape index (κ3) is 2.42. The lowest BCUT2D eigenvalue weighted by Gasteiger charge is -2.07. The van der Waals surface area contributed by atoms with E-state index in [9.17, 15) is 0 Å². The number of H-pyrrole nitrogens is 1. The van der Waals surface area contributed by atoms with Crippen molar-refractivity contribution in [3.8, 4) is 0 Å². The van der Waals surface area contributed by atoms with Gasteiger partial charge in [-0.3, -0.25) is 5.10 Å².